The van der Waals surface area contributed by atoms with Gasteiger partial charge in [-0.25, -0.2) is 9.78 Å². The van der Waals surface area contributed by atoms with Gasteiger partial charge in [-0.05, 0) is 32.0 Å². The highest BCUT2D eigenvalue weighted by Crippen LogP contribution is 2.23. The van der Waals surface area contributed by atoms with Crippen molar-refractivity contribution in [1.82, 2.24) is 14.9 Å². The van der Waals surface area contributed by atoms with Gasteiger partial charge in [-0.1, -0.05) is 6.92 Å². The molecule has 1 heterocycles. The number of benzene rings is 1. The van der Waals surface area contributed by atoms with Crippen molar-refractivity contribution in [3.8, 4) is 0 Å². The Morgan fingerprint density at radius 1 is 1.38 bits per heavy atom. The van der Waals surface area contributed by atoms with E-state index in [1.54, 1.807) is 6.07 Å². The molecule has 6 heteroatoms. The molecular formula is C15H19N3O3. The van der Waals surface area contributed by atoms with Gasteiger partial charge in [0, 0.05) is 13.0 Å². The molecule has 0 aliphatic heterocycles. The first-order valence-electron chi connectivity index (χ1n) is 7.01. The van der Waals surface area contributed by atoms with Gasteiger partial charge in [0.25, 0.3) is 0 Å². The van der Waals surface area contributed by atoms with E-state index in [1.807, 2.05) is 25.3 Å². The van der Waals surface area contributed by atoms with Gasteiger partial charge in [-0.3, -0.25) is 4.79 Å². The fourth-order valence-electron chi connectivity index (χ4n) is 2.40. The molecule has 0 aliphatic carbocycles. The summed E-state index contributed by atoms with van der Waals surface area (Å²) in [5, 5.41) is 11.8. The summed E-state index contributed by atoms with van der Waals surface area (Å²) in [5.41, 5.74) is 1.57. The highest BCUT2D eigenvalue weighted by Gasteiger charge is 2.20. The van der Waals surface area contributed by atoms with E-state index < -0.39 is 5.97 Å². The zero-order chi connectivity index (χ0) is 15.6. The number of carboxylic acids is 1. The quantitative estimate of drug-likeness (QED) is 0.881. The Labute approximate surface area is 122 Å². The van der Waals surface area contributed by atoms with E-state index in [-0.39, 0.29) is 17.5 Å². The molecule has 1 amide bonds. The number of hydrogen-bond donors (Lipinski definition) is 2. The first-order valence-corrected chi connectivity index (χ1v) is 7.01. The molecule has 0 fully saturated rings. The topological polar surface area (TPSA) is 84.2 Å². The van der Waals surface area contributed by atoms with Gasteiger partial charge in [-0.15, -0.1) is 0 Å². The average Bonchev–Trinajstić information content (AvgIpc) is 2.83. The molecule has 0 bridgehead atoms. The predicted molar refractivity (Wildman–Crippen MR) is 79.5 cm³/mol. The second-order valence-corrected chi connectivity index (χ2v) is 4.83. The number of nitrogens with zero attached hydrogens (tertiary/aromatic N) is 2. The molecule has 6 nitrogen and oxygen atoms in total. The van der Waals surface area contributed by atoms with Gasteiger partial charge in [-0.2, -0.15) is 0 Å². The summed E-state index contributed by atoms with van der Waals surface area (Å²) in [6.45, 7) is 6.22. The third-order valence-electron chi connectivity index (χ3n) is 3.44. The smallest absolute Gasteiger partial charge is 0.335 e. The van der Waals surface area contributed by atoms with E-state index >= 15 is 0 Å². The van der Waals surface area contributed by atoms with E-state index in [2.05, 4.69) is 10.3 Å². The van der Waals surface area contributed by atoms with Crippen molar-refractivity contribution in [3.63, 3.8) is 0 Å². The number of carbonyl (C=O) groups excluding carboxylic acids is 1. The van der Waals surface area contributed by atoms with Gasteiger partial charge in [0.2, 0.25) is 5.91 Å². The monoisotopic (exact) mass is 289 g/mol. The van der Waals surface area contributed by atoms with E-state index in [0.717, 1.165) is 11.3 Å². The molecule has 0 radical (unpaired) electrons. The number of amides is 1. The number of fused-ring (bicyclic) bond motifs is 1. The fraction of sp³-hybridized carbons (Fsp3) is 0.400. The zero-order valence-electron chi connectivity index (χ0n) is 12.4. The van der Waals surface area contributed by atoms with Crippen LogP contribution >= 0.6 is 0 Å². The lowest BCUT2D eigenvalue weighted by Gasteiger charge is -2.16. The maximum atomic E-state index is 12.1. The number of aromatic carboxylic acids is 1. The number of rotatable bonds is 5. The maximum Gasteiger partial charge on any atom is 0.335 e. The number of aromatic nitrogens is 2. The Kier molecular flexibility index (Phi) is 4.26. The fourth-order valence-corrected chi connectivity index (χ4v) is 2.40. The van der Waals surface area contributed by atoms with Crippen LogP contribution in [-0.4, -0.2) is 33.1 Å². The molecule has 112 valence electrons. The van der Waals surface area contributed by atoms with Crippen LogP contribution in [0, 0.1) is 0 Å². The molecular weight excluding hydrogens is 270 g/mol. The van der Waals surface area contributed by atoms with Crippen LogP contribution in [0.4, 0.5) is 0 Å². The van der Waals surface area contributed by atoms with Crippen LogP contribution in [0.15, 0.2) is 18.2 Å². The van der Waals surface area contributed by atoms with Gasteiger partial charge >= 0.3 is 5.97 Å². The Bertz CT molecular complexity index is 691. The summed E-state index contributed by atoms with van der Waals surface area (Å²) >= 11 is 0. The minimum atomic E-state index is -0.985. The summed E-state index contributed by atoms with van der Waals surface area (Å²) in [6.07, 6.45) is 0.667. The molecule has 21 heavy (non-hydrogen) atoms. The minimum absolute atomic E-state index is 0.0752. The number of imidazole rings is 1. The van der Waals surface area contributed by atoms with Gasteiger partial charge in [0.05, 0.1) is 16.6 Å². The third kappa shape index (κ3) is 2.74. The third-order valence-corrected chi connectivity index (χ3v) is 3.44. The summed E-state index contributed by atoms with van der Waals surface area (Å²) in [4.78, 5) is 27.6. The molecule has 1 aromatic carbocycles. The predicted octanol–water partition coefficient (Wildman–Crippen LogP) is 1.99. The molecule has 2 rings (SSSR count). The summed E-state index contributed by atoms with van der Waals surface area (Å²) in [6, 6.07) is 4.39. The highest BCUT2D eigenvalue weighted by atomic mass is 16.4. The Morgan fingerprint density at radius 2 is 2.10 bits per heavy atom. The molecule has 1 aromatic heterocycles. The largest absolute Gasteiger partial charge is 0.478 e. The maximum absolute atomic E-state index is 12.1. The van der Waals surface area contributed by atoms with Crippen molar-refractivity contribution in [2.75, 3.05) is 6.54 Å². The van der Waals surface area contributed by atoms with Crippen LogP contribution in [-0.2, 0) is 11.2 Å². The van der Waals surface area contributed by atoms with E-state index in [0.29, 0.717) is 18.5 Å². The SMILES string of the molecule is CCNC(=O)C(C)n1c(CC)nc2cc(C(=O)O)ccc21. The van der Waals surface area contributed by atoms with Crippen molar-refractivity contribution in [2.45, 2.75) is 33.2 Å². The zero-order valence-corrected chi connectivity index (χ0v) is 12.4. The van der Waals surface area contributed by atoms with Crippen molar-refractivity contribution < 1.29 is 14.7 Å². The van der Waals surface area contributed by atoms with E-state index in [4.69, 9.17) is 5.11 Å². The number of carboxylic acid groups (broad SMARTS) is 1. The van der Waals surface area contributed by atoms with Crippen LogP contribution < -0.4 is 5.32 Å². The minimum Gasteiger partial charge on any atom is -0.478 e. The molecule has 1 unspecified atom stereocenters. The number of nitrogens with one attached hydrogen (secondary N) is 1. The number of carbonyl (C=O) groups is 2. The first-order chi connectivity index (χ1) is 9.99. The Balaban J connectivity index is 2.56. The van der Waals surface area contributed by atoms with Gasteiger partial charge < -0.3 is 15.0 Å². The van der Waals surface area contributed by atoms with Crippen LogP contribution in [0.2, 0.25) is 0 Å². The van der Waals surface area contributed by atoms with E-state index in [9.17, 15) is 9.59 Å². The van der Waals surface area contributed by atoms with Crippen LogP contribution in [0.5, 0.6) is 0 Å². The highest BCUT2D eigenvalue weighted by molar-refractivity contribution is 5.93. The average molecular weight is 289 g/mol. The number of likely N-dealkylation sites (N-methyl/N-ethyl adjacent to an activating group) is 1. The normalized spacial score (nSPS) is 12.3. The molecule has 2 N–H and O–H groups in total. The molecule has 2 aromatic rings. The molecule has 1 atom stereocenters. The lowest BCUT2D eigenvalue weighted by molar-refractivity contribution is -0.123. The summed E-state index contributed by atoms with van der Waals surface area (Å²) in [7, 11) is 0. The second-order valence-electron chi connectivity index (χ2n) is 4.83. The van der Waals surface area contributed by atoms with Crippen molar-refractivity contribution in [3.05, 3.63) is 29.6 Å². The van der Waals surface area contributed by atoms with Crippen molar-refractivity contribution >= 4 is 22.9 Å². The summed E-state index contributed by atoms with van der Waals surface area (Å²) < 4.78 is 1.87. The first kappa shape index (κ1) is 15.0. The second kappa shape index (κ2) is 5.95. The van der Waals surface area contributed by atoms with Crippen LogP contribution in [0.25, 0.3) is 11.0 Å². The standard InChI is InChI=1S/C15H19N3O3/c1-4-13-17-11-8-10(15(20)21)6-7-12(11)18(13)9(3)14(19)16-5-2/h6-9H,4-5H2,1-3H3,(H,16,19)(H,20,21). The lowest BCUT2D eigenvalue weighted by atomic mass is 10.2. The molecule has 0 saturated carbocycles. The van der Waals surface area contributed by atoms with Crippen molar-refractivity contribution in [1.29, 1.82) is 0 Å². The van der Waals surface area contributed by atoms with Gasteiger partial charge in [0.1, 0.15) is 11.9 Å². The van der Waals surface area contributed by atoms with Crippen LogP contribution in [0.3, 0.4) is 0 Å². The molecule has 0 saturated heterocycles. The Morgan fingerprint density at radius 3 is 2.67 bits per heavy atom. The Hall–Kier alpha value is -2.37. The van der Waals surface area contributed by atoms with Crippen LogP contribution in [0.1, 0.15) is 43.0 Å². The van der Waals surface area contributed by atoms with Crippen molar-refractivity contribution in [2.24, 2.45) is 0 Å². The number of hydrogen-bond acceptors (Lipinski definition) is 3. The number of aryl methyl sites for hydroxylation is 1. The molecule has 0 aliphatic rings. The lowest BCUT2D eigenvalue weighted by Crippen LogP contribution is -2.31. The molecule has 0 spiro atoms. The van der Waals surface area contributed by atoms with E-state index in [1.165, 1.54) is 12.1 Å². The van der Waals surface area contributed by atoms with Gasteiger partial charge in [0.15, 0.2) is 0 Å². The summed E-state index contributed by atoms with van der Waals surface area (Å²) in [5.74, 6) is -0.290.